The topological polar surface area (TPSA) is 92.5 Å². The molecule has 4 nitrogen and oxygen atoms in total. The van der Waals surface area contributed by atoms with Gasteiger partial charge in [-0.2, -0.15) is 0 Å². The molecular formula is C30H64N2O2. The smallest absolute Gasteiger partial charge is 0.0688 e. The van der Waals surface area contributed by atoms with Crippen LogP contribution in [0, 0.1) is 0 Å². The molecule has 34 heavy (non-hydrogen) atoms. The lowest BCUT2D eigenvalue weighted by Gasteiger charge is -2.13. The largest absolute Gasteiger partial charge is 0.392 e. The van der Waals surface area contributed by atoms with Crippen LogP contribution >= 0.6 is 0 Å². The van der Waals surface area contributed by atoms with Crippen LogP contribution in [-0.2, 0) is 0 Å². The van der Waals surface area contributed by atoms with E-state index in [1.165, 1.54) is 128 Å². The number of nitrogens with two attached hydrogens (primary N) is 2. The molecule has 0 amide bonds. The minimum absolute atomic E-state index is 0.0880. The van der Waals surface area contributed by atoms with Crippen molar-refractivity contribution in [3.63, 3.8) is 0 Å². The Labute approximate surface area is 214 Å². The van der Waals surface area contributed by atoms with Crippen molar-refractivity contribution in [3.8, 4) is 0 Å². The molecule has 0 radical (unpaired) electrons. The third kappa shape index (κ3) is 24.9. The molecule has 0 bridgehead atoms. The predicted molar refractivity (Wildman–Crippen MR) is 150 cm³/mol. The van der Waals surface area contributed by atoms with Gasteiger partial charge in [-0.1, -0.05) is 141 Å². The summed E-state index contributed by atoms with van der Waals surface area (Å²) in [7, 11) is 0. The third-order valence-electron chi connectivity index (χ3n) is 7.46. The molecule has 206 valence electrons. The average molecular weight is 485 g/mol. The summed E-state index contributed by atoms with van der Waals surface area (Å²) in [5, 5.41) is 19.4. The van der Waals surface area contributed by atoms with E-state index in [9.17, 15) is 10.2 Å². The van der Waals surface area contributed by atoms with E-state index in [4.69, 9.17) is 11.5 Å². The predicted octanol–water partition coefficient (Wildman–Crippen LogP) is 7.77. The van der Waals surface area contributed by atoms with Crippen LogP contribution in [0.1, 0.15) is 168 Å². The Morgan fingerprint density at radius 2 is 0.500 bits per heavy atom. The molecule has 0 saturated heterocycles. The van der Waals surface area contributed by atoms with Crippen LogP contribution in [0.25, 0.3) is 0 Å². The van der Waals surface area contributed by atoms with Crippen molar-refractivity contribution in [2.45, 2.75) is 192 Å². The highest BCUT2D eigenvalue weighted by Crippen LogP contribution is 2.16. The van der Waals surface area contributed by atoms with Gasteiger partial charge in [-0.05, 0) is 26.7 Å². The van der Waals surface area contributed by atoms with E-state index in [-0.39, 0.29) is 24.3 Å². The second kappa shape index (κ2) is 25.9. The van der Waals surface area contributed by atoms with Crippen LogP contribution in [0.15, 0.2) is 0 Å². The van der Waals surface area contributed by atoms with E-state index >= 15 is 0 Å². The van der Waals surface area contributed by atoms with Crippen molar-refractivity contribution in [3.05, 3.63) is 0 Å². The maximum absolute atomic E-state index is 9.69. The van der Waals surface area contributed by atoms with Crippen molar-refractivity contribution in [2.24, 2.45) is 11.5 Å². The summed E-state index contributed by atoms with van der Waals surface area (Å²) in [6.45, 7) is 3.77. The molecule has 0 aromatic rings. The maximum Gasteiger partial charge on any atom is 0.0688 e. The Hall–Kier alpha value is -0.160. The number of unbranched alkanes of at least 4 members (excludes halogenated alkanes) is 21. The number of rotatable bonds is 27. The standard InChI is InChI=1S/C30H64N2O2/c1-27(31)29(33)25-23-21-19-17-15-13-11-9-7-5-3-4-6-8-10-12-14-16-18-20-22-24-26-30(34)28(2)32/h27-30,33-34H,3-26,31-32H2,1-2H3/t27-,28-,29+,30+/m1/s1. The molecule has 0 aromatic heterocycles. The maximum atomic E-state index is 9.69. The zero-order valence-electron chi connectivity index (χ0n) is 23.3. The van der Waals surface area contributed by atoms with E-state index in [0.717, 1.165) is 25.7 Å². The lowest BCUT2D eigenvalue weighted by Crippen LogP contribution is -2.31. The highest BCUT2D eigenvalue weighted by atomic mass is 16.3. The molecule has 4 heteroatoms. The van der Waals surface area contributed by atoms with Gasteiger partial charge in [0.1, 0.15) is 0 Å². The molecule has 0 rings (SSSR count). The fraction of sp³-hybridized carbons (Fsp3) is 1.00. The fourth-order valence-electron chi connectivity index (χ4n) is 4.77. The second-order valence-corrected chi connectivity index (χ2v) is 11.2. The first-order valence-electron chi connectivity index (χ1n) is 15.3. The zero-order valence-corrected chi connectivity index (χ0v) is 23.3. The lowest BCUT2D eigenvalue weighted by molar-refractivity contribution is 0.137. The van der Waals surface area contributed by atoms with Crippen molar-refractivity contribution < 1.29 is 10.2 Å². The van der Waals surface area contributed by atoms with Crippen molar-refractivity contribution in [1.82, 2.24) is 0 Å². The SMILES string of the molecule is C[C@@H](N)[C@@H](O)CCCCCCCCCCCCCCCCCCCCCCCC[C@H](O)[C@@H](C)N. The van der Waals surface area contributed by atoms with Crippen LogP contribution < -0.4 is 11.5 Å². The van der Waals surface area contributed by atoms with Gasteiger partial charge in [0.05, 0.1) is 12.2 Å². The van der Waals surface area contributed by atoms with Crippen LogP contribution in [0.4, 0.5) is 0 Å². The van der Waals surface area contributed by atoms with Gasteiger partial charge < -0.3 is 21.7 Å². The summed E-state index contributed by atoms with van der Waals surface area (Å²) in [4.78, 5) is 0. The zero-order chi connectivity index (χ0) is 25.3. The molecule has 0 heterocycles. The van der Waals surface area contributed by atoms with Crippen LogP contribution in [0.5, 0.6) is 0 Å². The van der Waals surface area contributed by atoms with E-state index < -0.39 is 0 Å². The summed E-state index contributed by atoms with van der Waals surface area (Å²) in [5.74, 6) is 0. The van der Waals surface area contributed by atoms with Crippen LogP contribution in [0.2, 0.25) is 0 Å². The van der Waals surface area contributed by atoms with Gasteiger partial charge in [-0.15, -0.1) is 0 Å². The lowest BCUT2D eigenvalue weighted by atomic mass is 10.0. The molecule has 4 atom stereocenters. The highest BCUT2D eigenvalue weighted by Gasteiger charge is 2.08. The molecule has 0 aromatic carbocycles. The quantitative estimate of drug-likeness (QED) is 0.0896. The minimum Gasteiger partial charge on any atom is -0.392 e. The Bertz CT molecular complexity index is 354. The average Bonchev–Trinajstić information content (AvgIpc) is 2.81. The Morgan fingerprint density at radius 3 is 0.647 bits per heavy atom. The Balaban J connectivity index is 3.09. The molecule has 0 aliphatic carbocycles. The number of hydrogen-bond acceptors (Lipinski definition) is 4. The Morgan fingerprint density at radius 1 is 0.353 bits per heavy atom. The van der Waals surface area contributed by atoms with E-state index in [0.29, 0.717) is 0 Å². The van der Waals surface area contributed by atoms with Crippen LogP contribution in [-0.4, -0.2) is 34.5 Å². The summed E-state index contributed by atoms with van der Waals surface area (Å²) < 4.78 is 0. The molecule has 0 aliphatic rings. The van der Waals surface area contributed by atoms with E-state index in [1.807, 2.05) is 13.8 Å². The first kappa shape index (κ1) is 33.8. The normalized spacial score (nSPS) is 15.4. The molecule has 0 aliphatic heterocycles. The van der Waals surface area contributed by atoms with Gasteiger partial charge in [0.2, 0.25) is 0 Å². The van der Waals surface area contributed by atoms with Crippen molar-refractivity contribution >= 4 is 0 Å². The summed E-state index contributed by atoms with van der Waals surface area (Å²) in [6.07, 6.45) is 31.0. The van der Waals surface area contributed by atoms with Crippen LogP contribution in [0.3, 0.4) is 0 Å². The summed E-state index contributed by atoms with van der Waals surface area (Å²) in [5.41, 5.74) is 11.4. The van der Waals surface area contributed by atoms with Crippen molar-refractivity contribution in [2.75, 3.05) is 0 Å². The fourth-order valence-corrected chi connectivity index (χ4v) is 4.77. The summed E-state index contributed by atoms with van der Waals surface area (Å²) in [6, 6.07) is -0.176. The first-order chi connectivity index (χ1) is 16.4. The first-order valence-corrected chi connectivity index (χ1v) is 15.3. The van der Waals surface area contributed by atoms with Gasteiger partial charge in [0.15, 0.2) is 0 Å². The van der Waals surface area contributed by atoms with E-state index in [2.05, 4.69) is 0 Å². The molecule has 0 fully saturated rings. The second-order valence-electron chi connectivity index (χ2n) is 11.2. The third-order valence-corrected chi connectivity index (χ3v) is 7.46. The molecule has 6 N–H and O–H groups in total. The highest BCUT2D eigenvalue weighted by molar-refractivity contribution is 4.66. The molecule has 0 unspecified atom stereocenters. The van der Waals surface area contributed by atoms with Gasteiger partial charge in [0, 0.05) is 12.1 Å². The van der Waals surface area contributed by atoms with Gasteiger partial charge in [0.25, 0.3) is 0 Å². The minimum atomic E-state index is -0.315. The Kier molecular flexibility index (Phi) is 25.8. The number of aliphatic hydroxyl groups excluding tert-OH is 2. The number of aliphatic hydroxyl groups is 2. The molecule has 0 saturated carbocycles. The van der Waals surface area contributed by atoms with Crippen molar-refractivity contribution in [1.29, 1.82) is 0 Å². The van der Waals surface area contributed by atoms with Gasteiger partial charge in [-0.25, -0.2) is 0 Å². The number of hydrogen-bond donors (Lipinski definition) is 4. The molecule has 0 spiro atoms. The van der Waals surface area contributed by atoms with E-state index in [1.54, 1.807) is 0 Å². The molecular weight excluding hydrogens is 420 g/mol. The van der Waals surface area contributed by atoms with Gasteiger partial charge in [-0.3, -0.25) is 0 Å². The van der Waals surface area contributed by atoms with Gasteiger partial charge >= 0.3 is 0 Å². The summed E-state index contributed by atoms with van der Waals surface area (Å²) >= 11 is 0. The monoisotopic (exact) mass is 484 g/mol.